The Morgan fingerprint density at radius 3 is 2.28 bits per heavy atom. The molecule has 0 fully saturated rings. The van der Waals surface area contributed by atoms with Crippen LogP contribution in [0.4, 0.5) is 5.69 Å². The van der Waals surface area contributed by atoms with Gasteiger partial charge in [0.15, 0.2) is 5.84 Å². The number of carbonyl (C=O) groups excluding carboxylic acids is 3. The maximum absolute atomic E-state index is 12.9. The molecule has 1 aliphatic rings. The summed E-state index contributed by atoms with van der Waals surface area (Å²) in [5.41, 5.74) is 9.28. The topological polar surface area (TPSA) is 162 Å². The van der Waals surface area contributed by atoms with Gasteiger partial charge in [0.1, 0.15) is 12.1 Å². The van der Waals surface area contributed by atoms with Crippen LogP contribution in [0.25, 0.3) is 0 Å². The van der Waals surface area contributed by atoms with Gasteiger partial charge in [-0.2, -0.15) is 10.4 Å². The Kier molecular flexibility index (Phi) is 6.60. The standard InChI is InChI=1S/C22H20N6O4/c1-2-32-22(31)18(28-20(29)15-5-3-4-6-16(15)21(28)30)11-13-7-9-14(10-8-13)26-27-17(12-23)19(24)25/h3-10,18,26H,2,11H2,1H3,(H3,24,25)/b27-17+. The van der Waals surface area contributed by atoms with Gasteiger partial charge in [-0.25, -0.2) is 4.79 Å². The van der Waals surface area contributed by atoms with Crippen molar-refractivity contribution in [1.29, 1.82) is 10.7 Å². The summed E-state index contributed by atoms with van der Waals surface area (Å²) in [6, 6.07) is 13.6. The fourth-order valence-electron chi connectivity index (χ4n) is 3.21. The number of imide groups is 1. The Labute approximate surface area is 183 Å². The van der Waals surface area contributed by atoms with Gasteiger partial charge >= 0.3 is 5.97 Å². The number of nitriles is 1. The molecule has 0 aromatic heterocycles. The summed E-state index contributed by atoms with van der Waals surface area (Å²) in [6.07, 6.45) is 0.0603. The Morgan fingerprint density at radius 2 is 1.78 bits per heavy atom. The van der Waals surface area contributed by atoms with E-state index >= 15 is 0 Å². The third-order valence-electron chi connectivity index (χ3n) is 4.74. The number of ether oxygens (including phenoxy) is 1. The van der Waals surface area contributed by atoms with Crippen molar-refractivity contribution in [3.05, 3.63) is 65.2 Å². The number of benzene rings is 2. The Morgan fingerprint density at radius 1 is 1.19 bits per heavy atom. The first-order valence-corrected chi connectivity index (χ1v) is 9.68. The molecular weight excluding hydrogens is 412 g/mol. The summed E-state index contributed by atoms with van der Waals surface area (Å²) in [4.78, 5) is 39.3. The zero-order valence-electron chi connectivity index (χ0n) is 17.2. The van der Waals surface area contributed by atoms with E-state index in [2.05, 4.69) is 10.5 Å². The van der Waals surface area contributed by atoms with Gasteiger partial charge in [0.2, 0.25) is 5.71 Å². The van der Waals surface area contributed by atoms with Gasteiger partial charge in [-0.1, -0.05) is 24.3 Å². The fraction of sp³-hybridized carbons (Fsp3) is 0.182. The lowest BCUT2D eigenvalue weighted by molar-refractivity contribution is -0.147. The van der Waals surface area contributed by atoms with Crippen LogP contribution in [-0.4, -0.2) is 46.9 Å². The van der Waals surface area contributed by atoms with Gasteiger partial charge in [-0.05, 0) is 36.8 Å². The molecule has 162 valence electrons. The predicted molar refractivity (Wildman–Crippen MR) is 116 cm³/mol. The number of nitrogens with two attached hydrogens (primary N) is 1. The number of amidine groups is 1. The van der Waals surface area contributed by atoms with E-state index in [-0.39, 0.29) is 29.9 Å². The van der Waals surface area contributed by atoms with E-state index in [1.54, 1.807) is 61.5 Å². The number of nitrogens with zero attached hydrogens (tertiary/aromatic N) is 3. The molecule has 10 heteroatoms. The lowest BCUT2D eigenvalue weighted by Gasteiger charge is -2.24. The van der Waals surface area contributed by atoms with E-state index in [0.717, 1.165) is 4.90 Å². The van der Waals surface area contributed by atoms with Crippen LogP contribution in [0.3, 0.4) is 0 Å². The van der Waals surface area contributed by atoms with Crippen molar-refractivity contribution in [2.75, 3.05) is 12.0 Å². The molecule has 2 aromatic carbocycles. The normalized spacial score (nSPS) is 13.9. The highest BCUT2D eigenvalue weighted by Crippen LogP contribution is 2.26. The minimum absolute atomic E-state index is 0.0603. The zero-order chi connectivity index (χ0) is 23.3. The Balaban J connectivity index is 1.82. The van der Waals surface area contributed by atoms with Crippen LogP contribution in [0.2, 0.25) is 0 Å². The minimum atomic E-state index is -1.12. The van der Waals surface area contributed by atoms with Gasteiger partial charge in [0, 0.05) is 6.42 Å². The highest BCUT2D eigenvalue weighted by Gasteiger charge is 2.43. The number of fused-ring (bicyclic) bond motifs is 1. The van der Waals surface area contributed by atoms with Gasteiger partial charge in [-0.3, -0.25) is 25.3 Å². The second kappa shape index (κ2) is 9.53. The lowest BCUT2D eigenvalue weighted by atomic mass is 10.0. The number of hydrazone groups is 1. The maximum atomic E-state index is 12.9. The summed E-state index contributed by atoms with van der Waals surface area (Å²) >= 11 is 0. The number of nitrogens with one attached hydrogen (secondary N) is 2. The molecular formula is C22H20N6O4. The largest absolute Gasteiger partial charge is 0.464 e. The van der Waals surface area contributed by atoms with Crippen LogP contribution < -0.4 is 11.2 Å². The molecule has 1 atom stereocenters. The molecule has 1 heterocycles. The summed E-state index contributed by atoms with van der Waals surface area (Å²) in [6.45, 7) is 1.76. The van der Waals surface area contributed by atoms with Crippen LogP contribution in [0, 0.1) is 16.7 Å². The van der Waals surface area contributed by atoms with Gasteiger partial charge in [0.05, 0.1) is 23.4 Å². The molecule has 1 aliphatic heterocycles. The average Bonchev–Trinajstić information content (AvgIpc) is 3.04. The van der Waals surface area contributed by atoms with Crippen molar-refractivity contribution in [2.24, 2.45) is 10.8 Å². The smallest absolute Gasteiger partial charge is 0.329 e. The Bertz CT molecular complexity index is 1110. The van der Waals surface area contributed by atoms with Crippen molar-refractivity contribution in [3.8, 4) is 6.07 Å². The molecule has 32 heavy (non-hydrogen) atoms. The van der Waals surface area contributed by atoms with E-state index in [1.165, 1.54) is 0 Å². The predicted octanol–water partition coefficient (Wildman–Crippen LogP) is 1.68. The van der Waals surface area contributed by atoms with E-state index in [1.807, 2.05) is 0 Å². The van der Waals surface area contributed by atoms with Crippen LogP contribution in [0.1, 0.15) is 33.2 Å². The van der Waals surface area contributed by atoms with Crippen LogP contribution in [0.15, 0.2) is 53.6 Å². The molecule has 0 saturated heterocycles. The highest BCUT2D eigenvalue weighted by atomic mass is 16.5. The minimum Gasteiger partial charge on any atom is -0.464 e. The van der Waals surface area contributed by atoms with Crippen molar-refractivity contribution in [2.45, 2.75) is 19.4 Å². The second-order valence-electron chi connectivity index (χ2n) is 6.79. The van der Waals surface area contributed by atoms with Crippen LogP contribution in [-0.2, 0) is 16.0 Å². The third kappa shape index (κ3) is 4.46. The third-order valence-corrected chi connectivity index (χ3v) is 4.74. The lowest BCUT2D eigenvalue weighted by Crippen LogP contribution is -2.47. The number of esters is 1. The van der Waals surface area contributed by atoms with Crippen LogP contribution in [0.5, 0.6) is 0 Å². The molecule has 0 aliphatic carbocycles. The molecule has 0 saturated carbocycles. The maximum Gasteiger partial charge on any atom is 0.329 e. The number of amides is 2. The molecule has 2 aromatic rings. The van der Waals surface area contributed by atoms with Crippen molar-refractivity contribution in [1.82, 2.24) is 4.90 Å². The average molecular weight is 432 g/mol. The van der Waals surface area contributed by atoms with Crippen molar-refractivity contribution >= 4 is 35.0 Å². The van der Waals surface area contributed by atoms with Crippen molar-refractivity contribution in [3.63, 3.8) is 0 Å². The van der Waals surface area contributed by atoms with Gasteiger partial charge in [0.25, 0.3) is 11.8 Å². The first-order chi connectivity index (χ1) is 15.4. The molecule has 10 nitrogen and oxygen atoms in total. The SMILES string of the molecule is CCOC(=O)C(Cc1ccc(N/N=C(\C#N)C(=N)N)cc1)N1C(=O)c2ccccc2C1=O. The summed E-state index contributed by atoms with van der Waals surface area (Å²) in [5.74, 6) is -2.21. The summed E-state index contributed by atoms with van der Waals surface area (Å²) in [7, 11) is 0. The number of hydrogen-bond acceptors (Lipinski definition) is 8. The highest BCUT2D eigenvalue weighted by molar-refractivity contribution is 6.45. The van der Waals surface area contributed by atoms with Gasteiger partial charge < -0.3 is 10.5 Å². The molecule has 0 bridgehead atoms. The molecule has 1 unspecified atom stereocenters. The summed E-state index contributed by atoms with van der Waals surface area (Å²) in [5, 5.41) is 19.9. The molecule has 2 amide bonds. The molecule has 0 spiro atoms. The molecule has 0 radical (unpaired) electrons. The Hall–Kier alpha value is -4.52. The van der Waals surface area contributed by atoms with E-state index in [0.29, 0.717) is 11.3 Å². The monoisotopic (exact) mass is 432 g/mol. The molecule has 4 N–H and O–H groups in total. The second-order valence-corrected chi connectivity index (χ2v) is 6.79. The quantitative estimate of drug-likeness (QED) is 0.188. The van der Waals surface area contributed by atoms with E-state index in [4.69, 9.17) is 21.1 Å². The number of rotatable bonds is 8. The van der Waals surface area contributed by atoms with Gasteiger partial charge in [-0.15, -0.1) is 0 Å². The number of hydrogen-bond donors (Lipinski definition) is 3. The number of carbonyl (C=O) groups is 3. The molecule has 3 rings (SSSR count). The zero-order valence-corrected chi connectivity index (χ0v) is 17.2. The van der Waals surface area contributed by atoms with E-state index < -0.39 is 29.7 Å². The van der Waals surface area contributed by atoms with Crippen molar-refractivity contribution < 1.29 is 19.1 Å². The number of anilines is 1. The summed E-state index contributed by atoms with van der Waals surface area (Å²) < 4.78 is 5.13. The fourth-order valence-corrected chi connectivity index (χ4v) is 3.21. The first kappa shape index (κ1) is 22.2. The van der Waals surface area contributed by atoms with Crippen LogP contribution >= 0.6 is 0 Å². The first-order valence-electron chi connectivity index (χ1n) is 9.68. The van der Waals surface area contributed by atoms with E-state index in [9.17, 15) is 14.4 Å².